The number of benzene rings is 1. The smallest absolute Gasteiger partial charge is 0.257 e. The summed E-state index contributed by atoms with van der Waals surface area (Å²) in [5.41, 5.74) is 0.199. The molecule has 0 unspecified atom stereocenters. The van der Waals surface area contributed by atoms with Gasteiger partial charge in [-0.2, -0.15) is 0 Å². The van der Waals surface area contributed by atoms with Crippen molar-refractivity contribution in [1.29, 1.82) is 0 Å². The Kier molecular flexibility index (Phi) is 3.44. The maximum atomic E-state index is 11.7. The molecule has 0 aliphatic rings. The van der Waals surface area contributed by atoms with Crippen LogP contribution in [-0.2, 0) is 10.0 Å². The van der Waals surface area contributed by atoms with Crippen molar-refractivity contribution in [2.75, 3.05) is 14.1 Å². The maximum Gasteiger partial charge on any atom is 0.257 e. The van der Waals surface area contributed by atoms with Crippen LogP contribution in [0, 0.1) is 6.92 Å². The van der Waals surface area contributed by atoms with Gasteiger partial charge in [-0.25, -0.2) is 13.6 Å². The van der Waals surface area contributed by atoms with Gasteiger partial charge in [0.1, 0.15) is 5.75 Å². The molecular weight excluding hydrogens is 244 g/mol. The van der Waals surface area contributed by atoms with E-state index < -0.39 is 15.9 Å². The SMILES string of the molecule is Cc1cc(O)c(C(=O)N(C)C)cc1S(N)(=O)=O. The Labute approximate surface area is 99.7 Å². The van der Waals surface area contributed by atoms with Crippen molar-refractivity contribution in [2.24, 2.45) is 5.14 Å². The molecule has 17 heavy (non-hydrogen) atoms. The van der Waals surface area contributed by atoms with E-state index in [2.05, 4.69) is 0 Å². The Hall–Kier alpha value is -1.60. The summed E-state index contributed by atoms with van der Waals surface area (Å²) in [6.07, 6.45) is 0. The van der Waals surface area contributed by atoms with Crippen LogP contribution in [0.25, 0.3) is 0 Å². The van der Waals surface area contributed by atoms with E-state index in [0.29, 0.717) is 5.56 Å². The van der Waals surface area contributed by atoms with Gasteiger partial charge in [-0.3, -0.25) is 4.79 Å². The van der Waals surface area contributed by atoms with Gasteiger partial charge < -0.3 is 10.0 Å². The lowest BCUT2D eigenvalue weighted by atomic mass is 10.1. The van der Waals surface area contributed by atoms with Gasteiger partial charge in [0.05, 0.1) is 10.5 Å². The molecule has 0 saturated heterocycles. The topological polar surface area (TPSA) is 101 Å². The second-order valence-corrected chi connectivity index (χ2v) is 5.41. The number of amides is 1. The fourth-order valence-electron chi connectivity index (χ4n) is 1.39. The quantitative estimate of drug-likeness (QED) is 0.782. The molecule has 0 bridgehead atoms. The van der Waals surface area contributed by atoms with Gasteiger partial charge in [0.15, 0.2) is 0 Å². The first-order valence-corrected chi connectivity index (χ1v) is 6.27. The lowest BCUT2D eigenvalue weighted by Gasteiger charge is -2.13. The second kappa shape index (κ2) is 4.34. The van der Waals surface area contributed by atoms with E-state index in [4.69, 9.17) is 5.14 Å². The van der Waals surface area contributed by atoms with Gasteiger partial charge >= 0.3 is 0 Å². The van der Waals surface area contributed by atoms with E-state index >= 15 is 0 Å². The molecule has 0 aliphatic heterocycles. The molecule has 1 amide bonds. The lowest BCUT2D eigenvalue weighted by molar-refractivity contribution is 0.0824. The van der Waals surface area contributed by atoms with Gasteiger partial charge in [-0.05, 0) is 24.6 Å². The van der Waals surface area contributed by atoms with E-state index in [1.165, 1.54) is 32.0 Å². The molecule has 0 saturated carbocycles. The third kappa shape index (κ3) is 2.75. The molecule has 0 aliphatic carbocycles. The zero-order valence-electron chi connectivity index (χ0n) is 9.76. The summed E-state index contributed by atoms with van der Waals surface area (Å²) in [7, 11) is -0.917. The second-order valence-electron chi connectivity index (χ2n) is 3.88. The van der Waals surface area contributed by atoms with E-state index in [0.717, 1.165) is 6.07 Å². The molecular formula is C10H14N2O4S. The number of hydrogen-bond donors (Lipinski definition) is 2. The first-order valence-electron chi connectivity index (χ1n) is 4.72. The maximum absolute atomic E-state index is 11.7. The van der Waals surface area contributed by atoms with Crippen molar-refractivity contribution < 1.29 is 18.3 Å². The molecule has 1 rings (SSSR count). The van der Waals surface area contributed by atoms with Crippen molar-refractivity contribution in [1.82, 2.24) is 4.90 Å². The van der Waals surface area contributed by atoms with Gasteiger partial charge in [-0.15, -0.1) is 0 Å². The van der Waals surface area contributed by atoms with E-state index in [1.807, 2.05) is 0 Å². The summed E-state index contributed by atoms with van der Waals surface area (Å²) in [6, 6.07) is 2.29. The molecule has 0 spiro atoms. The highest BCUT2D eigenvalue weighted by Gasteiger charge is 2.20. The van der Waals surface area contributed by atoms with E-state index in [1.54, 1.807) is 0 Å². The number of nitrogens with zero attached hydrogens (tertiary/aromatic N) is 1. The lowest BCUT2D eigenvalue weighted by Crippen LogP contribution is -2.23. The van der Waals surface area contributed by atoms with Crippen LogP contribution in [0.3, 0.4) is 0 Å². The summed E-state index contributed by atoms with van der Waals surface area (Å²) >= 11 is 0. The van der Waals surface area contributed by atoms with E-state index in [-0.39, 0.29) is 16.2 Å². The molecule has 6 nitrogen and oxygen atoms in total. The molecule has 0 aromatic heterocycles. The van der Waals surface area contributed by atoms with Crippen LogP contribution in [0.2, 0.25) is 0 Å². The van der Waals surface area contributed by atoms with Crippen molar-refractivity contribution in [3.63, 3.8) is 0 Å². The normalized spacial score (nSPS) is 11.3. The number of aryl methyl sites for hydroxylation is 1. The highest BCUT2D eigenvalue weighted by atomic mass is 32.2. The number of carbonyl (C=O) groups is 1. The monoisotopic (exact) mass is 258 g/mol. The van der Waals surface area contributed by atoms with Crippen LogP contribution in [0.15, 0.2) is 17.0 Å². The number of sulfonamides is 1. The Balaban J connectivity index is 3.50. The van der Waals surface area contributed by atoms with Crippen LogP contribution < -0.4 is 5.14 Å². The number of rotatable bonds is 2. The van der Waals surface area contributed by atoms with Crippen molar-refractivity contribution in [3.05, 3.63) is 23.3 Å². The number of phenolic OH excluding ortho intramolecular Hbond substituents is 1. The molecule has 1 aromatic carbocycles. The predicted octanol–water partition coefficient (Wildman–Crippen LogP) is 0.0498. The molecule has 3 N–H and O–H groups in total. The van der Waals surface area contributed by atoms with Crippen molar-refractivity contribution in [2.45, 2.75) is 11.8 Å². The summed E-state index contributed by atoms with van der Waals surface area (Å²) in [5.74, 6) is -0.763. The van der Waals surface area contributed by atoms with Crippen LogP contribution in [-0.4, -0.2) is 38.4 Å². The predicted molar refractivity (Wildman–Crippen MR) is 62.2 cm³/mol. The van der Waals surface area contributed by atoms with Crippen LogP contribution >= 0.6 is 0 Å². The molecule has 7 heteroatoms. The largest absolute Gasteiger partial charge is 0.507 e. The van der Waals surface area contributed by atoms with E-state index in [9.17, 15) is 18.3 Å². The highest BCUT2D eigenvalue weighted by Crippen LogP contribution is 2.25. The number of phenols is 1. The summed E-state index contributed by atoms with van der Waals surface area (Å²) in [6.45, 7) is 1.49. The zero-order chi connectivity index (χ0) is 13.4. The molecule has 0 radical (unpaired) electrons. The van der Waals surface area contributed by atoms with Crippen LogP contribution in [0.5, 0.6) is 5.75 Å². The fourth-order valence-corrected chi connectivity index (χ4v) is 2.18. The molecule has 0 heterocycles. The van der Waals surface area contributed by atoms with Gasteiger partial charge in [0.2, 0.25) is 10.0 Å². The molecule has 1 aromatic rings. The number of nitrogens with two attached hydrogens (primary N) is 1. The third-order valence-electron chi connectivity index (χ3n) is 2.24. The first kappa shape index (κ1) is 13.5. The standard InChI is InChI=1S/C10H14N2O4S/c1-6-4-8(13)7(10(14)12(2)3)5-9(6)17(11,15)16/h4-5,13H,1-3H3,(H2,11,15,16). The Bertz CT molecular complexity index is 564. The Morgan fingerprint density at radius 1 is 1.35 bits per heavy atom. The van der Waals surface area contributed by atoms with Crippen molar-refractivity contribution in [3.8, 4) is 5.75 Å². The fraction of sp³-hybridized carbons (Fsp3) is 0.300. The number of aromatic hydroxyl groups is 1. The number of primary sulfonamides is 1. The van der Waals surface area contributed by atoms with Gasteiger partial charge in [0.25, 0.3) is 5.91 Å². The average molecular weight is 258 g/mol. The molecule has 0 atom stereocenters. The minimum atomic E-state index is -3.91. The number of hydrogen-bond acceptors (Lipinski definition) is 4. The van der Waals surface area contributed by atoms with Gasteiger partial charge in [-0.1, -0.05) is 0 Å². The molecule has 94 valence electrons. The molecule has 0 fully saturated rings. The van der Waals surface area contributed by atoms with Crippen LogP contribution in [0.4, 0.5) is 0 Å². The highest BCUT2D eigenvalue weighted by molar-refractivity contribution is 7.89. The summed E-state index contributed by atoms with van der Waals surface area (Å²) in [5, 5.41) is 14.6. The Morgan fingerprint density at radius 3 is 2.29 bits per heavy atom. The zero-order valence-corrected chi connectivity index (χ0v) is 10.6. The summed E-state index contributed by atoms with van der Waals surface area (Å²) in [4.78, 5) is 12.8. The van der Waals surface area contributed by atoms with Crippen LogP contribution in [0.1, 0.15) is 15.9 Å². The minimum Gasteiger partial charge on any atom is -0.507 e. The third-order valence-corrected chi connectivity index (χ3v) is 3.29. The summed E-state index contributed by atoms with van der Waals surface area (Å²) < 4.78 is 22.6. The number of carbonyl (C=O) groups excluding carboxylic acids is 1. The first-order chi connectivity index (χ1) is 7.64. The minimum absolute atomic E-state index is 0.0929. The van der Waals surface area contributed by atoms with Crippen molar-refractivity contribution >= 4 is 15.9 Å². The Morgan fingerprint density at radius 2 is 1.88 bits per heavy atom. The average Bonchev–Trinajstić information content (AvgIpc) is 2.14. The van der Waals surface area contributed by atoms with Gasteiger partial charge in [0, 0.05) is 14.1 Å².